The van der Waals surface area contributed by atoms with E-state index in [4.69, 9.17) is 5.11 Å². The van der Waals surface area contributed by atoms with Crippen molar-refractivity contribution in [2.75, 3.05) is 0 Å². The number of nitrogens with zero attached hydrogens (tertiary/aromatic N) is 2. The fourth-order valence-electron chi connectivity index (χ4n) is 0.333. The van der Waals surface area contributed by atoms with Gasteiger partial charge in [-0.3, -0.25) is 5.10 Å². The average Bonchev–Trinajstić information content (AvgIpc) is 2.60. The van der Waals surface area contributed by atoms with E-state index in [9.17, 15) is 0 Å². The summed E-state index contributed by atoms with van der Waals surface area (Å²) >= 11 is 0. The molecule has 0 bridgehead atoms. The molecule has 11 heavy (non-hydrogen) atoms. The van der Waals surface area contributed by atoms with Gasteiger partial charge in [0, 0.05) is 6.20 Å². The van der Waals surface area contributed by atoms with Crippen LogP contribution in [0.2, 0.25) is 0 Å². The Hall–Kier alpha value is -1.16. The monoisotopic (exact) mass is 155 g/mol. The van der Waals surface area contributed by atoms with Crippen molar-refractivity contribution in [3.05, 3.63) is 25.0 Å². The van der Waals surface area contributed by atoms with Crippen molar-refractivity contribution >= 4 is 0 Å². The van der Waals surface area contributed by atoms with Crippen LogP contribution in [0.15, 0.2) is 25.0 Å². The van der Waals surface area contributed by atoms with Crippen molar-refractivity contribution in [1.29, 1.82) is 0 Å². The maximum atomic E-state index is 8.55. The van der Waals surface area contributed by atoms with Crippen LogP contribution in [-0.4, -0.2) is 26.6 Å². The first-order valence-corrected chi connectivity index (χ1v) is 3.42. The number of rotatable bonds is 2. The van der Waals surface area contributed by atoms with Crippen molar-refractivity contribution in [1.82, 2.24) is 15.4 Å². The maximum absolute atomic E-state index is 8.55. The van der Waals surface area contributed by atoms with Crippen LogP contribution < -0.4 is 0 Å². The molecule has 0 fully saturated rings. The lowest BCUT2D eigenvalue weighted by atomic mass is 10.3. The molecular weight excluding hydrogens is 142 g/mol. The fraction of sp³-hybridized carbons (Fsp3) is 0.429. The van der Waals surface area contributed by atoms with E-state index >= 15 is 0 Å². The molecule has 0 saturated carbocycles. The lowest BCUT2D eigenvalue weighted by Crippen LogP contribution is -1.95. The van der Waals surface area contributed by atoms with E-state index in [0.717, 1.165) is 6.42 Å². The van der Waals surface area contributed by atoms with Crippen LogP contribution in [0, 0.1) is 0 Å². The molecule has 1 aromatic heterocycles. The molecule has 1 rings (SSSR count). The number of aromatic nitrogens is 3. The van der Waals surface area contributed by atoms with E-state index in [1.807, 2.05) is 6.92 Å². The quantitative estimate of drug-likeness (QED) is 0.619. The Balaban J connectivity index is 0.000000183. The summed E-state index contributed by atoms with van der Waals surface area (Å²) < 4.78 is 0. The van der Waals surface area contributed by atoms with Crippen LogP contribution in [0.4, 0.5) is 0 Å². The van der Waals surface area contributed by atoms with Crippen molar-refractivity contribution in [3.63, 3.8) is 0 Å². The largest absolute Gasteiger partial charge is 0.389 e. The summed E-state index contributed by atoms with van der Waals surface area (Å²) in [6.07, 6.45) is 5.23. The number of H-pyrrole nitrogens is 1. The van der Waals surface area contributed by atoms with Crippen LogP contribution in [0.1, 0.15) is 13.3 Å². The van der Waals surface area contributed by atoms with Crippen molar-refractivity contribution in [2.45, 2.75) is 19.4 Å². The van der Waals surface area contributed by atoms with Crippen LogP contribution in [-0.2, 0) is 0 Å². The molecule has 0 aromatic carbocycles. The van der Waals surface area contributed by atoms with Crippen molar-refractivity contribution in [3.8, 4) is 0 Å². The average molecular weight is 155 g/mol. The zero-order valence-electron chi connectivity index (χ0n) is 6.57. The molecule has 0 aliphatic carbocycles. The highest BCUT2D eigenvalue weighted by molar-refractivity contribution is 4.75. The zero-order valence-corrected chi connectivity index (χ0v) is 6.57. The van der Waals surface area contributed by atoms with Gasteiger partial charge in [0.25, 0.3) is 0 Å². The minimum atomic E-state index is -0.301. The van der Waals surface area contributed by atoms with Crippen LogP contribution in [0.5, 0.6) is 0 Å². The van der Waals surface area contributed by atoms with Gasteiger partial charge in [0.2, 0.25) is 0 Å². The van der Waals surface area contributed by atoms with E-state index < -0.39 is 0 Å². The normalized spacial score (nSPS) is 11.1. The highest BCUT2D eigenvalue weighted by Crippen LogP contribution is 1.86. The first-order chi connectivity index (χ1) is 5.31. The summed E-state index contributed by atoms with van der Waals surface area (Å²) in [6, 6.07) is 0. The zero-order chi connectivity index (χ0) is 8.53. The Morgan fingerprint density at radius 3 is 2.64 bits per heavy atom. The number of aliphatic hydroxyl groups excluding tert-OH is 1. The van der Waals surface area contributed by atoms with Crippen LogP contribution >= 0.6 is 0 Å². The first-order valence-electron chi connectivity index (χ1n) is 3.42. The van der Waals surface area contributed by atoms with Gasteiger partial charge in [-0.25, -0.2) is 0 Å². The molecule has 0 radical (unpaired) electrons. The Morgan fingerprint density at radius 1 is 1.82 bits per heavy atom. The van der Waals surface area contributed by atoms with Gasteiger partial charge in [0.15, 0.2) is 0 Å². The summed E-state index contributed by atoms with van der Waals surface area (Å²) in [7, 11) is 0. The van der Waals surface area contributed by atoms with Crippen molar-refractivity contribution < 1.29 is 5.11 Å². The molecule has 0 aliphatic rings. The number of aromatic amines is 1. The number of aliphatic hydroxyl groups is 1. The van der Waals surface area contributed by atoms with Crippen LogP contribution in [0.3, 0.4) is 0 Å². The minimum absolute atomic E-state index is 0.301. The predicted molar refractivity (Wildman–Crippen MR) is 42.9 cm³/mol. The smallest absolute Gasteiger partial charge is 0.0715 e. The van der Waals surface area contributed by atoms with Gasteiger partial charge in [0.05, 0.1) is 12.3 Å². The standard InChI is InChI=1S/C5H10O.C2H3N3/c1-3-5(6)4-2;1-2-4-5-3-1/h3,5-6H,1,4H2,2H3;1-2H,(H,3,4,5). The molecule has 62 valence electrons. The minimum Gasteiger partial charge on any atom is -0.389 e. The molecule has 1 unspecified atom stereocenters. The third-order valence-corrected chi connectivity index (χ3v) is 1.02. The molecule has 2 N–H and O–H groups in total. The van der Waals surface area contributed by atoms with Gasteiger partial charge in [-0.1, -0.05) is 18.2 Å². The predicted octanol–water partition coefficient (Wildman–Crippen LogP) is 0.748. The molecule has 1 aromatic rings. The van der Waals surface area contributed by atoms with Gasteiger partial charge in [-0.15, -0.1) is 11.7 Å². The van der Waals surface area contributed by atoms with E-state index in [1.54, 1.807) is 12.4 Å². The lowest BCUT2D eigenvalue weighted by molar-refractivity contribution is 0.219. The summed E-state index contributed by atoms with van der Waals surface area (Å²) in [5, 5.41) is 17.8. The van der Waals surface area contributed by atoms with Crippen molar-refractivity contribution in [2.24, 2.45) is 0 Å². The molecule has 0 amide bonds. The van der Waals surface area contributed by atoms with E-state index in [-0.39, 0.29) is 6.10 Å². The molecule has 4 nitrogen and oxygen atoms in total. The molecule has 4 heteroatoms. The first kappa shape index (κ1) is 9.84. The van der Waals surface area contributed by atoms with Gasteiger partial charge >= 0.3 is 0 Å². The van der Waals surface area contributed by atoms with E-state index in [0.29, 0.717) is 0 Å². The Kier molecular flexibility index (Phi) is 6.22. The SMILES string of the molecule is C=CC(O)CC.c1c[nH]nn1. The Bertz CT molecular complexity index is 145. The lowest BCUT2D eigenvalue weighted by Gasteiger charge is -1.93. The third-order valence-electron chi connectivity index (χ3n) is 1.02. The van der Waals surface area contributed by atoms with E-state index in [1.165, 1.54) is 6.08 Å². The molecule has 0 spiro atoms. The maximum Gasteiger partial charge on any atom is 0.0715 e. The molecular formula is C7H13N3O. The van der Waals surface area contributed by atoms with E-state index in [2.05, 4.69) is 22.0 Å². The second kappa shape index (κ2) is 6.95. The number of nitrogens with one attached hydrogen (secondary N) is 1. The molecule has 1 heterocycles. The van der Waals surface area contributed by atoms with Gasteiger partial charge in [-0.05, 0) is 6.42 Å². The molecule has 0 saturated heterocycles. The van der Waals surface area contributed by atoms with Crippen LogP contribution in [0.25, 0.3) is 0 Å². The fourth-order valence-corrected chi connectivity index (χ4v) is 0.333. The summed E-state index contributed by atoms with van der Waals surface area (Å²) in [5.41, 5.74) is 0. The third kappa shape index (κ3) is 6.73. The Labute approximate surface area is 66.0 Å². The van der Waals surface area contributed by atoms with Gasteiger partial charge < -0.3 is 5.11 Å². The number of hydrogen-bond donors (Lipinski definition) is 2. The molecule has 0 aliphatic heterocycles. The van der Waals surface area contributed by atoms with Gasteiger partial charge in [0.1, 0.15) is 0 Å². The summed E-state index contributed by atoms with van der Waals surface area (Å²) in [6.45, 7) is 5.29. The summed E-state index contributed by atoms with van der Waals surface area (Å²) in [5.74, 6) is 0. The Morgan fingerprint density at radius 2 is 2.55 bits per heavy atom. The molecule has 1 atom stereocenters. The highest BCUT2D eigenvalue weighted by atomic mass is 16.3. The topological polar surface area (TPSA) is 61.8 Å². The number of hydrogen-bond acceptors (Lipinski definition) is 3. The highest BCUT2D eigenvalue weighted by Gasteiger charge is 1.86. The second-order valence-electron chi connectivity index (χ2n) is 1.87. The second-order valence-corrected chi connectivity index (χ2v) is 1.87. The summed E-state index contributed by atoms with van der Waals surface area (Å²) in [4.78, 5) is 0. The van der Waals surface area contributed by atoms with Gasteiger partial charge in [-0.2, -0.15) is 0 Å².